The van der Waals surface area contributed by atoms with Crippen LogP contribution in [0.4, 0.5) is 10.5 Å². The molecule has 0 spiro atoms. The van der Waals surface area contributed by atoms with Crippen molar-refractivity contribution in [2.75, 3.05) is 25.0 Å². The number of benzene rings is 1. The molecule has 2 rings (SSSR count). The third-order valence-electron chi connectivity index (χ3n) is 3.44. The predicted octanol–water partition coefficient (Wildman–Crippen LogP) is 3.88. The van der Waals surface area contributed by atoms with E-state index < -0.39 is 6.09 Å². The summed E-state index contributed by atoms with van der Waals surface area (Å²) in [6, 6.07) is 5.84. The second-order valence-corrected chi connectivity index (χ2v) is 5.62. The quantitative estimate of drug-likeness (QED) is 0.869. The summed E-state index contributed by atoms with van der Waals surface area (Å²) in [5.74, 6) is 0.925. The van der Waals surface area contributed by atoms with Crippen LogP contribution < -0.4 is 10.6 Å². The molecule has 4 nitrogen and oxygen atoms in total. The maximum absolute atomic E-state index is 11.1. The topological polar surface area (TPSA) is 50.4 Å². The van der Waals surface area contributed by atoms with Gasteiger partial charge in [-0.1, -0.05) is 24.6 Å². The van der Waals surface area contributed by atoms with Crippen molar-refractivity contribution in [3.8, 4) is 0 Å². The Hall–Kier alpha value is -1.55. The molecule has 1 atom stereocenters. The van der Waals surface area contributed by atoms with Crippen LogP contribution >= 0.6 is 0 Å². The van der Waals surface area contributed by atoms with Crippen LogP contribution in [-0.4, -0.2) is 25.8 Å². The SMILES string of the molecule is CC1CCCNC1.CCOC(=O)Nc1ccc(C)cc1C. The average Bonchev–Trinajstić information content (AvgIpc) is 2.44. The number of carbonyl (C=O) groups is 1. The van der Waals surface area contributed by atoms with Gasteiger partial charge in [0.15, 0.2) is 0 Å². The molecule has 0 aromatic heterocycles. The Labute approximate surface area is 128 Å². The second kappa shape index (κ2) is 9.40. The molecule has 21 heavy (non-hydrogen) atoms. The van der Waals surface area contributed by atoms with E-state index in [1.54, 1.807) is 6.92 Å². The van der Waals surface area contributed by atoms with Crippen LogP contribution in [0.5, 0.6) is 0 Å². The minimum Gasteiger partial charge on any atom is -0.450 e. The highest BCUT2D eigenvalue weighted by molar-refractivity contribution is 5.85. The highest BCUT2D eigenvalue weighted by Gasteiger charge is 2.05. The van der Waals surface area contributed by atoms with E-state index in [4.69, 9.17) is 4.74 Å². The maximum atomic E-state index is 11.1. The first-order valence-corrected chi connectivity index (χ1v) is 7.74. The molecule has 4 heteroatoms. The molecule has 1 saturated heterocycles. The van der Waals surface area contributed by atoms with Gasteiger partial charge in [-0.05, 0) is 64.3 Å². The van der Waals surface area contributed by atoms with Gasteiger partial charge in [0.25, 0.3) is 0 Å². The summed E-state index contributed by atoms with van der Waals surface area (Å²) in [4.78, 5) is 11.1. The van der Waals surface area contributed by atoms with E-state index in [1.165, 1.54) is 31.5 Å². The monoisotopic (exact) mass is 292 g/mol. The Kier molecular flexibility index (Phi) is 7.83. The molecule has 1 aromatic carbocycles. The van der Waals surface area contributed by atoms with Gasteiger partial charge in [-0.25, -0.2) is 4.79 Å². The average molecular weight is 292 g/mol. The molecule has 1 amide bonds. The van der Waals surface area contributed by atoms with E-state index in [0.717, 1.165) is 17.2 Å². The summed E-state index contributed by atoms with van der Waals surface area (Å²) in [5.41, 5.74) is 3.02. The number of hydrogen-bond donors (Lipinski definition) is 2. The lowest BCUT2D eigenvalue weighted by atomic mass is 10.0. The molecule has 0 saturated carbocycles. The van der Waals surface area contributed by atoms with Crippen molar-refractivity contribution in [3.05, 3.63) is 29.3 Å². The van der Waals surface area contributed by atoms with Gasteiger partial charge in [0, 0.05) is 5.69 Å². The molecule has 118 valence electrons. The third-order valence-corrected chi connectivity index (χ3v) is 3.44. The molecule has 1 aromatic rings. The summed E-state index contributed by atoms with van der Waals surface area (Å²) in [6.45, 7) is 10.9. The number of aryl methyl sites for hydroxylation is 2. The smallest absolute Gasteiger partial charge is 0.411 e. The van der Waals surface area contributed by atoms with Crippen LogP contribution in [0.15, 0.2) is 18.2 Å². The van der Waals surface area contributed by atoms with E-state index in [2.05, 4.69) is 17.6 Å². The molecule has 1 unspecified atom stereocenters. The van der Waals surface area contributed by atoms with Crippen LogP contribution in [0, 0.1) is 19.8 Å². The van der Waals surface area contributed by atoms with Crippen molar-refractivity contribution >= 4 is 11.8 Å². The summed E-state index contributed by atoms with van der Waals surface area (Å²) in [7, 11) is 0. The van der Waals surface area contributed by atoms with Crippen molar-refractivity contribution < 1.29 is 9.53 Å². The van der Waals surface area contributed by atoms with Gasteiger partial charge >= 0.3 is 6.09 Å². The zero-order chi connectivity index (χ0) is 15.7. The molecule has 2 N–H and O–H groups in total. The Morgan fingerprint density at radius 2 is 2.19 bits per heavy atom. The molecule has 1 heterocycles. The molecule has 1 aliphatic rings. The van der Waals surface area contributed by atoms with Crippen LogP contribution in [0.3, 0.4) is 0 Å². The number of ether oxygens (including phenoxy) is 1. The van der Waals surface area contributed by atoms with E-state index in [0.29, 0.717) is 6.61 Å². The lowest BCUT2D eigenvalue weighted by Gasteiger charge is -2.17. The molecular weight excluding hydrogens is 264 g/mol. The van der Waals surface area contributed by atoms with Crippen LogP contribution in [-0.2, 0) is 4.74 Å². The largest absolute Gasteiger partial charge is 0.450 e. The van der Waals surface area contributed by atoms with Crippen molar-refractivity contribution in [1.82, 2.24) is 5.32 Å². The fraction of sp³-hybridized carbons (Fsp3) is 0.588. The fourth-order valence-electron chi connectivity index (χ4n) is 2.26. The predicted molar refractivity (Wildman–Crippen MR) is 87.8 cm³/mol. The van der Waals surface area contributed by atoms with Gasteiger partial charge < -0.3 is 10.1 Å². The number of piperidine rings is 1. The minimum atomic E-state index is -0.403. The van der Waals surface area contributed by atoms with E-state index in [-0.39, 0.29) is 0 Å². The summed E-state index contributed by atoms with van der Waals surface area (Å²) in [6.07, 6.45) is 2.40. The summed E-state index contributed by atoms with van der Waals surface area (Å²) in [5, 5.41) is 6.01. The number of hydrogen-bond acceptors (Lipinski definition) is 3. The van der Waals surface area contributed by atoms with Crippen molar-refractivity contribution in [2.24, 2.45) is 5.92 Å². The summed E-state index contributed by atoms with van der Waals surface area (Å²) >= 11 is 0. The van der Waals surface area contributed by atoms with Gasteiger partial charge in [0.1, 0.15) is 0 Å². The highest BCUT2D eigenvalue weighted by atomic mass is 16.5. The summed E-state index contributed by atoms with van der Waals surface area (Å²) < 4.78 is 4.78. The van der Waals surface area contributed by atoms with Gasteiger partial charge in [0.05, 0.1) is 6.61 Å². The molecular formula is C17H28N2O2. The number of nitrogens with one attached hydrogen (secondary N) is 2. The minimum absolute atomic E-state index is 0.386. The van der Waals surface area contributed by atoms with E-state index in [9.17, 15) is 4.79 Å². The van der Waals surface area contributed by atoms with Crippen LogP contribution in [0.1, 0.15) is 37.8 Å². The van der Waals surface area contributed by atoms with E-state index in [1.807, 2.05) is 32.0 Å². The number of amides is 1. The lowest BCUT2D eigenvalue weighted by Crippen LogP contribution is -2.27. The Bertz CT molecular complexity index is 440. The molecule has 0 aliphatic carbocycles. The van der Waals surface area contributed by atoms with Crippen LogP contribution in [0.25, 0.3) is 0 Å². The maximum Gasteiger partial charge on any atom is 0.411 e. The van der Waals surface area contributed by atoms with Gasteiger partial charge in [-0.3, -0.25) is 5.32 Å². The third kappa shape index (κ3) is 7.14. The highest BCUT2D eigenvalue weighted by Crippen LogP contribution is 2.15. The zero-order valence-electron chi connectivity index (χ0n) is 13.7. The normalized spacial score (nSPS) is 17.4. The molecule has 0 radical (unpaired) electrons. The lowest BCUT2D eigenvalue weighted by molar-refractivity contribution is 0.168. The van der Waals surface area contributed by atoms with Crippen molar-refractivity contribution in [2.45, 2.75) is 40.5 Å². The van der Waals surface area contributed by atoms with Crippen molar-refractivity contribution in [1.29, 1.82) is 0 Å². The van der Waals surface area contributed by atoms with Crippen molar-refractivity contribution in [3.63, 3.8) is 0 Å². The van der Waals surface area contributed by atoms with Gasteiger partial charge in [0.2, 0.25) is 0 Å². The van der Waals surface area contributed by atoms with E-state index >= 15 is 0 Å². The molecule has 1 aliphatic heterocycles. The Morgan fingerprint density at radius 3 is 2.67 bits per heavy atom. The molecule has 1 fully saturated rings. The Balaban J connectivity index is 0.000000262. The standard InChI is InChI=1S/C11H15NO2.C6H13N/c1-4-14-11(13)12-10-6-5-8(2)7-9(10)3;1-6-3-2-4-7-5-6/h5-7H,4H2,1-3H3,(H,12,13);6-7H,2-5H2,1H3. The Morgan fingerprint density at radius 1 is 1.43 bits per heavy atom. The zero-order valence-corrected chi connectivity index (χ0v) is 13.7. The second-order valence-electron chi connectivity index (χ2n) is 5.62. The van der Waals surface area contributed by atoms with Gasteiger partial charge in [-0.2, -0.15) is 0 Å². The number of anilines is 1. The first-order valence-electron chi connectivity index (χ1n) is 7.74. The first kappa shape index (κ1) is 17.5. The fourth-order valence-corrected chi connectivity index (χ4v) is 2.26. The number of rotatable bonds is 2. The number of carbonyl (C=O) groups excluding carboxylic acids is 1. The molecule has 0 bridgehead atoms. The first-order chi connectivity index (χ1) is 10.0. The van der Waals surface area contributed by atoms with Crippen LogP contribution in [0.2, 0.25) is 0 Å². The van der Waals surface area contributed by atoms with Gasteiger partial charge in [-0.15, -0.1) is 0 Å².